The van der Waals surface area contributed by atoms with Gasteiger partial charge < -0.3 is 10.1 Å². The number of hydrogen-bond acceptors (Lipinski definition) is 4. The molecule has 6 heteroatoms. The molecule has 1 aromatic rings. The van der Waals surface area contributed by atoms with Crippen LogP contribution >= 0.6 is 0 Å². The highest BCUT2D eigenvalue weighted by molar-refractivity contribution is 7.91. The van der Waals surface area contributed by atoms with E-state index in [9.17, 15) is 13.2 Å². The summed E-state index contributed by atoms with van der Waals surface area (Å²) in [6, 6.07) is 7.36. The van der Waals surface area contributed by atoms with Gasteiger partial charge in [-0.2, -0.15) is 0 Å². The van der Waals surface area contributed by atoms with Crippen LogP contribution in [0.2, 0.25) is 0 Å². The van der Waals surface area contributed by atoms with E-state index < -0.39 is 9.84 Å². The van der Waals surface area contributed by atoms with E-state index in [1.807, 2.05) is 24.3 Å². The van der Waals surface area contributed by atoms with Crippen LogP contribution < -0.4 is 10.1 Å². The predicted molar refractivity (Wildman–Crippen MR) is 85.8 cm³/mol. The summed E-state index contributed by atoms with van der Waals surface area (Å²) < 4.78 is 28.1. The lowest BCUT2D eigenvalue weighted by Crippen LogP contribution is -2.38. The molecule has 1 saturated heterocycles. The molecular formula is C16H23NO4S. The summed E-state index contributed by atoms with van der Waals surface area (Å²) in [4.78, 5) is 11.8. The van der Waals surface area contributed by atoms with Gasteiger partial charge in [0, 0.05) is 6.04 Å². The molecule has 5 nitrogen and oxygen atoms in total. The van der Waals surface area contributed by atoms with E-state index in [1.165, 1.54) is 5.56 Å². The summed E-state index contributed by atoms with van der Waals surface area (Å²) in [6.07, 6.45) is 0.481. The second-order valence-corrected chi connectivity index (χ2v) is 8.96. The van der Waals surface area contributed by atoms with Gasteiger partial charge in [-0.1, -0.05) is 32.9 Å². The minimum Gasteiger partial charge on any atom is -0.484 e. The Hall–Kier alpha value is -1.56. The van der Waals surface area contributed by atoms with Crippen LogP contribution in [0.4, 0.5) is 0 Å². The van der Waals surface area contributed by atoms with Crippen molar-refractivity contribution in [1.82, 2.24) is 5.32 Å². The number of carbonyl (C=O) groups excluding carboxylic acids is 1. The van der Waals surface area contributed by atoms with Gasteiger partial charge in [-0.3, -0.25) is 4.79 Å². The van der Waals surface area contributed by atoms with E-state index in [-0.39, 0.29) is 35.5 Å². The van der Waals surface area contributed by atoms with Gasteiger partial charge in [0.25, 0.3) is 5.91 Å². The van der Waals surface area contributed by atoms with Crippen molar-refractivity contribution in [3.05, 3.63) is 29.8 Å². The van der Waals surface area contributed by atoms with Crippen LogP contribution in [-0.2, 0) is 20.0 Å². The first-order chi connectivity index (χ1) is 10.2. The third-order valence-corrected chi connectivity index (χ3v) is 5.46. The molecule has 0 radical (unpaired) electrons. The molecule has 1 fully saturated rings. The molecule has 0 spiro atoms. The monoisotopic (exact) mass is 325 g/mol. The number of nitrogens with one attached hydrogen (secondary N) is 1. The van der Waals surface area contributed by atoms with Crippen LogP contribution in [0.25, 0.3) is 0 Å². The topological polar surface area (TPSA) is 72.5 Å². The molecule has 122 valence electrons. The largest absolute Gasteiger partial charge is 0.484 e. The number of carbonyl (C=O) groups is 1. The molecule has 0 bridgehead atoms. The van der Waals surface area contributed by atoms with Gasteiger partial charge in [-0.15, -0.1) is 0 Å². The molecule has 2 rings (SSSR count). The summed E-state index contributed by atoms with van der Waals surface area (Å²) in [7, 11) is -2.98. The highest BCUT2D eigenvalue weighted by Gasteiger charge is 2.28. The van der Waals surface area contributed by atoms with E-state index in [1.54, 1.807) is 0 Å². The van der Waals surface area contributed by atoms with Gasteiger partial charge in [-0.05, 0) is 29.5 Å². The van der Waals surface area contributed by atoms with Gasteiger partial charge >= 0.3 is 0 Å². The summed E-state index contributed by atoms with van der Waals surface area (Å²) in [5, 5.41) is 2.70. The Morgan fingerprint density at radius 1 is 1.27 bits per heavy atom. The molecule has 1 atom stereocenters. The fourth-order valence-electron chi connectivity index (χ4n) is 2.38. The van der Waals surface area contributed by atoms with Crippen molar-refractivity contribution in [2.24, 2.45) is 0 Å². The van der Waals surface area contributed by atoms with Gasteiger partial charge in [0.15, 0.2) is 16.4 Å². The number of rotatable bonds is 4. The fourth-order valence-corrected chi connectivity index (χ4v) is 4.05. The lowest BCUT2D eigenvalue weighted by Gasteiger charge is -2.19. The Balaban J connectivity index is 1.81. The summed E-state index contributed by atoms with van der Waals surface area (Å²) in [5.41, 5.74) is 1.27. The van der Waals surface area contributed by atoms with Crippen molar-refractivity contribution >= 4 is 15.7 Å². The van der Waals surface area contributed by atoms with Gasteiger partial charge in [0.2, 0.25) is 0 Å². The van der Waals surface area contributed by atoms with Crippen LogP contribution in [0.3, 0.4) is 0 Å². The molecule has 1 aliphatic heterocycles. The Bertz CT molecular complexity index is 629. The molecular weight excluding hydrogens is 302 g/mol. The molecule has 1 N–H and O–H groups in total. The standard InChI is InChI=1S/C16H23NO4S/c1-16(2,3)12-4-6-14(7-5-12)21-10-15(18)17-13-8-9-22(19,20)11-13/h4-7,13H,8-11H2,1-3H3,(H,17,18)/t13-/m0/s1. The zero-order valence-corrected chi connectivity index (χ0v) is 14.1. The molecule has 0 unspecified atom stereocenters. The molecule has 0 saturated carbocycles. The molecule has 1 aromatic carbocycles. The van der Waals surface area contributed by atoms with E-state index in [4.69, 9.17) is 4.74 Å². The molecule has 1 heterocycles. The maximum atomic E-state index is 11.8. The number of hydrogen-bond donors (Lipinski definition) is 1. The van der Waals surface area contributed by atoms with Crippen molar-refractivity contribution in [3.63, 3.8) is 0 Å². The van der Waals surface area contributed by atoms with Crippen LogP contribution in [0.5, 0.6) is 5.75 Å². The van der Waals surface area contributed by atoms with Crippen molar-refractivity contribution in [3.8, 4) is 5.75 Å². The summed E-state index contributed by atoms with van der Waals surface area (Å²) in [5.74, 6) is 0.510. The first-order valence-electron chi connectivity index (χ1n) is 7.39. The average molecular weight is 325 g/mol. The SMILES string of the molecule is CC(C)(C)c1ccc(OCC(=O)N[C@H]2CCS(=O)(=O)C2)cc1. The van der Waals surface area contributed by atoms with Crippen LogP contribution in [-0.4, -0.2) is 38.5 Å². The highest BCUT2D eigenvalue weighted by atomic mass is 32.2. The van der Waals surface area contributed by atoms with Crippen molar-refractivity contribution < 1.29 is 17.9 Å². The van der Waals surface area contributed by atoms with E-state index in [0.717, 1.165) is 0 Å². The van der Waals surface area contributed by atoms with Crippen LogP contribution in [0.15, 0.2) is 24.3 Å². The third-order valence-electron chi connectivity index (χ3n) is 3.69. The van der Waals surface area contributed by atoms with Gasteiger partial charge in [0.05, 0.1) is 11.5 Å². The van der Waals surface area contributed by atoms with Crippen molar-refractivity contribution in [1.29, 1.82) is 0 Å². The van der Waals surface area contributed by atoms with Crippen LogP contribution in [0.1, 0.15) is 32.8 Å². The van der Waals surface area contributed by atoms with Crippen molar-refractivity contribution in [2.75, 3.05) is 18.1 Å². The average Bonchev–Trinajstić information content (AvgIpc) is 2.75. The number of sulfone groups is 1. The van der Waals surface area contributed by atoms with E-state index in [2.05, 4.69) is 26.1 Å². The molecule has 1 aliphatic rings. The van der Waals surface area contributed by atoms with Crippen LogP contribution in [0, 0.1) is 0 Å². The zero-order chi connectivity index (χ0) is 16.4. The summed E-state index contributed by atoms with van der Waals surface area (Å²) in [6.45, 7) is 6.29. The highest BCUT2D eigenvalue weighted by Crippen LogP contribution is 2.24. The Morgan fingerprint density at radius 2 is 1.91 bits per heavy atom. The van der Waals surface area contributed by atoms with Crippen molar-refractivity contribution in [2.45, 2.75) is 38.6 Å². The van der Waals surface area contributed by atoms with E-state index >= 15 is 0 Å². The first-order valence-corrected chi connectivity index (χ1v) is 9.21. The zero-order valence-electron chi connectivity index (χ0n) is 13.3. The lowest BCUT2D eigenvalue weighted by atomic mass is 9.87. The number of amides is 1. The molecule has 0 aromatic heterocycles. The summed E-state index contributed by atoms with van der Waals surface area (Å²) >= 11 is 0. The lowest BCUT2D eigenvalue weighted by molar-refractivity contribution is -0.123. The fraction of sp³-hybridized carbons (Fsp3) is 0.562. The second-order valence-electron chi connectivity index (χ2n) is 6.73. The molecule has 0 aliphatic carbocycles. The maximum absolute atomic E-state index is 11.8. The molecule has 22 heavy (non-hydrogen) atoms. The Morgan fingerprint density at radius 3 is 2.41 bits per heavy atom. The minimum atomic E-state index is -2.98. The van der Waals surface area contributed by atoms with Gasteiger partial charge in [0.1, 0.15) is 5.75 Å². The molecule has 1 amide bonds. The van der Waals surface area contributed by atoms with Gasteiger partial charge in [-0.25, -0.2) is 8.42 Å². The third kappa shape index (κ3) is 4.73. The Labute approximate surface area is 132 Å². The Kier molecular flexibility index (Phi) is 4.80. The predicted octanol–water partition coefficient (Wildman–Crippen LogP) is 1.67. The minimum absolute atomic E-state index is 0.0268. The van der Waals surface area contributed by atoms with E-state index in [0.29, 0.717) is 12.2 Å². The maximum Gasteiger partial charge on any atom is 0.258 e. The second kappa shape index (κ2) is 6.28. The number of benzene rings is 1. The first kappa shape index (κ1) is 16.8. The quantitative estimate of drug-likeness (QED) is 0.914. The smallest absolute Gasteiger partial charge is 0.258 e. The normalized spacial score (nSPS) is 20.6. The number of ether oxygens (including phenoxy) is 1.